The lowest BCUT2D eigenvalue weighted by Crippen LogP contribution is -2.49. The van der Waals surface area contributed by atoms with Gasteiger partial charge in [-0.05, 0) is 58.9 Å². The minimum absolute atomic E-state index is 0.0476. The molecule has 162 valence electrons. The van der Waals surface area contributed by atoms with Gasteiger partial charge in [-0.3, -0.25) is 9.59 Å². The summed E-state index contributed by atoms with van der Waals surface area (Å²) in [6.07, 6.45) is 3.59. The van der Waals surface area contributed by atoms with Crippen LogP contribution in [-0.4, -0.2) is 55.5 Å². The molecule has 1 aromatic carbocycles. The third kappa shape index (κ3) is 5.99. The minimum Gasteiger partial charge on any atom is -0.350 e. The highest BCUT2D eigenvalue weighted by atomic mass is 35.5. The van der Waals surface area contributed by atoms with Gasteiger partial charge < -0.3 is 16.0 Å². The zero-order valence-corrected chi connectivity index (χ0v) is 18.0. The molecule has 30 heavy (non-hydrogen) atoms. The van der Waals surface area contributed by atoms with Crippen LogP contribution in [0.2, 0.25) is 5.02 Å². The molecular formula is C20H28ClN7O2. The first-order valence-corrected chi connectivity index (χ1v) is 10.2. The van der Waals surface area contributed by atoms with Crippen LogP contribution in [-0.2, 0) is 16.1 Å². The van der Waals surface area contributed by atoms with E-state index in [1.807, 2.05) is 13.8 Å². The summed E-state index contributed by atoms with van der Waals surface area (Å²) in [5, 5.41) is 14.5. The van der Waals surface area contributed by atoms with Crippen LogP contribution in [0.4, 0.5) is 0 Å². The molecule has 1 aromatic heterocycles. The fraction of sp³-hybridized carbons (Fsp3) is 0.550. The van der Waals surface area contributed by atoms with E-state index in [0.29, 0.717) is 17.1 Å². The Bertz CT molecular complexity index is 918. The van der Waals surface area contributed by atoms with Gasteiger partial charge in [0, 0.05) is 19.0 Å². The van der Waals surface area contributed by atoms with Gasteiger partial charge in [-0.1, -0.05) is 32.3 Å². The van der Waals surface area contributed by atoms with Crippen molar-refractivity contribution in [2.24, 2.45) is 11.1 Å². The molecule has 3 N–H and O–H groups in total. The molecule has 0 radical (unpaired) electrons. The first-order valence-electron chi connectivity index (χ1n) is 10.5. The molecule has 10 heteroatoms. The molecule has 1 atom stereocenters. The minimum atomic E-state index is -0.729. The molecular weight excluding hydrogens is 406 g/mol. The fourth-order valence-corrected chi connectivity index (χ4v) is 3.46. The van der Waals surface area contributed by atoms with Crippen molar-refractivity contribution in [1.82, 2.24) is 30.4 Å². The predicted octanol–water partition coefficient (Wildman–Crippen LogP) is 1.69. The quantitative estimate of drug-likeness (QED) is 0.652. The van der Waals surface area contributed by atoms with Crippen molar-refractivity contribution in [3.05, 3.63) is 35.1 Å². The van der Waals surface area contributed by atoms with Crippen LogP contribution < -0.4 is 11.1 Å². The van der Waals surface area contributed by atoms with Crippen LogP contribution in [0, 0.1) is 5.41 Å². The van der Waals surface area contributed by atoms with Gasteiger partial charge in [0.25, 0.3) is 0 Å². The summed E-state index contributed by atoms with van der Waals surface area (Å²) in [6, 6.07) is 4.55. The summed E-state index contributed by atoms with van der Waals surface area (Å²) in [5.74, 6) is -0.522. The largest absolute Gasteiger partial charge is 0.350 e. The predicted molar refractivity (Wildman–Crippen MR) is 113 cm³/mol. The number of carbonyl (C=O) groups excluding carboxylic acids is 2. The first kappa shape index (κ1) is 20.7. The van der Waals surface area contributed by atoms with E-state index in [1.165, 1.54) is 11.0 Å². The topological polar surface area (TPSA) is 119 Å². The van der Waals surface area contributed by atoms with Crippen molar-refractivity contribution >= 4 is 23.4 Å². The van der Waals surface area contributed by atoms with Crippen molar-refractivity contribution in [2.75, 3.05) is 6.54 Å². The summed E-state index contributed by atoms with van der Waals surface area (Å²) < 4.78 is 9.10. The van der Waals surface area contributed by atoms with E-state index in [2.05, 4.69) is 20.8 Å². The number of nitrogens with one attached hydrogen (secondary N) is 1. The average Bonchev–Trinajstić information content (AvgIpc) is 3.43. The molecule has 1 fully saturated rings. The lowest BCUT2D eigenvalue weighted by Gasteiger charge is -2.28. The molecule has 2 aromatic rings. The van der Waals surface area contributed by atoms with Crippen molar-refractivity contribution in [3.8, 4) is 5.69 Å². The lowest BCUT2D eigenvalue weighted by molar-refractivity contribution is -0.138. The number of benzene rings is 1. The SMILES string of the molecule is [2H]CC(C)(C)C[C@H](N)C(=O)N(CC(=O)NCc1cc(Cl)ccc1-n1cnnn1)C1CC1. The molecule has 2 amide bonds. The number of amides is 2. The number of hydrogen-bond donors (Lipinski definition) is 2. The Kier molecular flexibility index (Phi) is 6.29. The zero-order chi connectivity index (χ0) is 22.6. The van der Waals surface area contributed by atoms with Crippen LogP contribution in [0.3, 0.4) is 0 Å². The van der Waals surface area contributed by atoms with Gasteiger partial charge in [0.15, 0.2) is 0 Å². The number of nitrogens with two attached hydrogens (primary N) is 1. The second-order valence-electron chi connectivity index (χ2n) is 8.48. The van der Waals surface area contributed by atoms with E-state index in [0.717, 1.165) is 18.4 Å². The molecule has 0 bridgehead atoms. The van der Waals surface area contributed by atoms with Gasteiger partial charge >= 0.3 is 0 Å². The van der Waals surface area contributed by atoms with Crippen molar-refractivity contribution in [2.45, 2.75) is 58.6 Å². The van der Waals surface area contributed by atoms with Crippen molar-refractivity contribution in [1.29, 1.82) is 0 Å². The molecule has 3 rings (SSSR count). The second kappa shape index (κ2) is 9.09. The number of halogens is 1. The van der Waals surface area contributed by atoms with Crippen molar-refractivity contribution in [3.63, 3.8) is 0 Å². The summed E-state index contributed by atoms with van der Waals surface area (Å²) in [4.78, 5) is 27.1. The third-order valence-corrected chi connectivity index (χ3v) is 5.02. The maximum atomic E-state index is 12.9. The molecule has 0 unspecified atom stereocenters. The number of nitrogens with zero attached hydrogens (tertiary/aromatic N) is 5. The highest BCUT2D eigenvalue weighted by molar-refractivity contribution is 6.30. The van der Waals surface area contributed by atoms with Crippen LogP contribution in [0.5, 0.6) is 0 Å². The van der Waals surface area contributed by atoms with E-state index in [4.69, 9.17) is 18.7 Å². The van der Waals surface area contributed by atoms with E-state index in [9.17, 15) is 9.59 Å². The number of carbonyl (C=O) groups is 2. The molecule has 1 saturated carbocycles. The second-order valence-corrected chi connectivity index (χ2v) is 8.91. The van der Waals surface area contributed by atoms with E-state index in [-0.39, 0.29) is 43.3 Å². The normalized spacial score (nSPS) is 15.4. The summed E-state index contributed by atoms with van der Waals surface area (Å²) in [7, 11) is 0. The van der Waals surface area contributed by atoms with Crippen LogP contribution in [0.25, 0.3) is 5.69 Å². The van der Waals surface area contributed by atoms with Crippen LogP contribution in [0.1, 0.15) is 46.9 Å². The maximum absolute atomic E-state index is 12.9. The third-order valence-electron chi connectivity index (χ3n) is 4.79. The van der Waals surface area contributed by atoms with Gasteiger partial charge in [0.1, 0.15) is 6.33 Å². The van der Waals surface area contributed by atoms with E-state index >= 15 is 0 Å². The highest BCUT2D eigenvalue weighted by Crippen LogP contribution is 2.29. The number of tetrazole rings is 1. The number of hydrogen-bond acceptors (Lipinski definition) is 6. The lowest BCUT2D eigenvalue weighted by atomic mass is 9.88. The zero-order valence-electron chi connectivity index (χ0n) is 18.2. The van der Waals surface area contributed by atoms with Gasteiger partial charge in [0.05, 0.1) is 18.3 Å². The Balaban J connectivity index is 1.63. The van der Waals surface area contributed by atoms with Crippen LogP contribution >= 0.6 is 11.6 Å². The summed E-state index contributed by atoms with van der Waals surface area (Å²) in [5.41, 5.74) is 7.22. The Morgan fingerprint density at radius 3 is 2.87 bits per heavy atom. The Morgan fingerprint density at radius 2 is 2.23 bits per heavy atom. The Labute approximate surface area is 182 Å². The van der Waals surface area contributed by atoms with Crippen molar-refractivity contribution < 1.29 is 11.0 Å². The van der Waals surface area contributed by atoms with Gasteiger partial charge in [0.2, 0.25) is 11.8 Å². The van der Waals surface area contributed by atoms with Crippen LogP contribution in [0.15, 0.2) is 24.5 Å². The van der Waals surface area contributed by atoms with E-state index in [1.54, 1.807) is 23.1 Å². The average molecular weight is 435 g/mol. The molecule has 9 nitrogen and oxygen atoms in total. The highest BCUT2D eigenvalue weighted by Gasteiger charge is 2.36. The molecule has 0 spiro atoms. The fourth-order valence-electron chi connectivity index (χ4n) is 3.26. The summed E-state index contributed by atoms with van der Waals surface area (Å²) in [6.45, 7) is 4.16. The number of rotatable bonds is 8. The van der Waals surface area contributed by atoms with Gasteiger partial charge in [-0.25, -0.2) is 4.68 Å². The molecule has 1 heterocycles. The van der Waals surface area contributed by atoms with E-state index < -0.39 is 6.04 Å². The smallest absolute Gasteiger partial charge is 0.240 e. The van der Waals surface area contributed by atoms with Gasteiger partial charge in [-0.15, -0.1) is 5.10 Å². The van der Waals surface area contributed by atoms with Gasteiger partial charge in [-0.2, -0.15) is 0 Å². The Hall–Kier alpha value is -2.52. The molecule has 1 aliphatic rings. The summed E-state index contributed by atoms with van der Waals surface area (Å²) >= 11 is 6.11. The molecule has 0 saturated heterocycles. The number of aromatic nitrogens is 4. The molecule has 0 aliphatic heterocycles. The standard InChI is InChI=1S/C20H28ClN7O2/c1-20(2,3)9-16(22)19(30)27(15-5-6-15)11-18(29)23-10-13-8-14(21)4-7-17(13)28-12-24-25-26-28/h4,7-8,12,15-16H,5-6,9-11,22H2,1-3H3,(H,23,29)/t16-/m0/s1/i1D. The first-order chi connectivity index (χ1) is 14.7. The molecule has 1 aliphatic carbocycles. The maximum Gasteiger partial charge on any atom is 0.240 e. The monoisotopic (exact) mass is 434 g/mol. The Morgan fingerprint density at radius 1 is 1.47 bits per heavy atom.